The Morgan fingerprint density at radius 3 is 2.72 bits per heavy atom. The summed E-state index contributed by atoms with van der Waals surface area (Å²) in [6, 6.07) is 15.0. The third-order valence-corrected chi connectivity index (χ3v) is 5.71. The zero-order valence-corrected chi connectivity index (χ0v) is 18.2. The largest absolute Gasteiger partial charge is 0.484 e. The second-order valence-corrected chi connectivity index (χ2v) is 8.17. The van der Waals surface area contributed by atoms with Crippen LogP contribution in [-0.4, -0.2) is 24.3 Å². The summed E-state index contributed by atoms with van der Waals surface area (Å²) in [5.41, 5.74) is 3.05. The van der Waals surface area contributed by atoms with Gasteiger partial charge in [-0.25, -0.2) is 0 Å². The highest BCUT2D eigenvalue weighted by Crippen LogP contribution is 2.28. The molecule has 2 aromatic carbocycles. The zero-order chi connectivity index (χ0) is 20.6. The van der Waals surface area contributed by atoms with Gasteiger partial charge in [-0.2, -0.15) is 12.6 Å². The quantitative estimate of drug-likeness (QED) is 0.547. The molecule has 0 radical (unpaired) electrons. The monoisotopic (exact) mass is 427 g/mol. The van der Waals surface area contributed by atoms with Gasteiger partial charge in [0.1, 0.15) is 5.75 Å². The second kappa shape index (κ2) is 10.6. The van der Waals surface area contributed by atoms with E-state index in [1.54, 1.807) is 11.0 Å². The summed E-state index contributed by atoms with van der Waals surface area (Å²) in [7, 11) is 0. The first kappa shape index (κ1) is 21.5. The molecular formula is C24H26ClNO2S. The summed E-state index contributed by atoms with van der Waals surface area (Å²) in [6.45, 7) is 2.38. The van der Waals surface area contributed by atoms with Crippen LogP contribution in [0.2, 0.25) is 5.02 Å². The predicted octanol–water partition coefficient (Wildman–Crippen LogP) is 6.03. The molecule has 29 heavy (non-hydrogen) atoms. The number of anilines is 1. The van der Waals surface area contributed by atoms with Gasteiger partial charge < -0.3 is 9.64 Å². The zero-order valence-electron chi connectivity index (χ0n) is 16.6. The van der Waals surface area contributed by atoms with Gasteiger partial charge in [0.05, 0.1) is 10.7 Å². The minimum Gasteiger partial charge on any atom is -0.484 e. The van der Waals surface area contributed by atoms with Crippen molar-refractivity contribution >= 4 is 35.8 Å². The molecule has 0 spiro atoms. The number of carbonyl (C=O) groups is 1. The van der Waals surface area contributed by atoms with Gasteiger partial charge in [-0.3, -0.25) is 4.79 Å². The van der Waals surface area contributed by atoms with Crippen LogP contribution >= 0.6 is 24.2 Å². The Labute approximate surface area is 183 Å². The number of hydrogen-bond donors (Lipinski definition) is 1. The van der Waals surface area contributed by atoms with Gasteiger partial charge >= 0.3 is 0 Å². The van der Waals surface area contributed by atoms with Crippen LogP contribution in [0.15, 0.2) is 72.3 Å². The van der Waals surface area contributed by atoms with E-state index < -0.39 is 0 Å². The summed E-state index contributed by atoms with van der Waals surface area (Å²) in [6.07, 6.45) is 9.50. The highest BCUT2D eigenvalue weighted by Gasteiger charge is 2.23. The first-order chi connectivity index (χ1) is 14.0. The molecule has 1 atom stereocenters. The number of thiol groups is 1. The summed E-state index contributed by atoms with van der Waals surface area (Å²) in [4.78, 5) is 14.8. The number of nitrogens with zero attached hydrogens (tertiary/aromatic N) is 1. The average molecular weight is 428 g/mol. The maximum Gasteiger partial charge on any atom is 0.265 e. The molecule has 0 fully saturated rings. The fourth-order valence-corrected chi connectivity index (χ4v) is 3.84. The molecular weight excluding hydrogens is 402 g/mol. The van der Waals surface area contributed by atoms with Gasteiger partial charge in [-0.15, -0.1) is 0 Å². The number of benzene rings is 2. The van der Waals surface area contributed by atoms with Gasteiger partial charge in [0.2, 0.25) is 0 Å². The van der Waals surface area contributed by atoms with Gasteiger partial charge in [0.25, 0.3) is 5.91 Å². The van der Waals surface area contributed by atoms with E-state index in [0.29, 0.717) is 23.0 Å². The number of allylic oxidation sites excluding steroid dienone is 3. The Morgan fingerprint density at radius 1 is 1.21 bits per heavy atom. The van der Waals surface area contributed by atoms with Crippen molar-refractivity contribution in [2.75, 3.05) is 18.1 Å². The van der Waals surface area contributed by atoms with Gasteiger partial charge in [0.15, 0.2) is 6.61 Å². The summed E-state index contributed by atoms with van der Waals surface area (Å²) in [5, 5.41) is 0.462. The van der Waals surface area contributed by atoms with E-state index in [2.05, 4.69) is 18.2 Å². The van der Waals surface area contributed by atoms with E-state index in [1.807, 2.05) is 49.4 Å². The lowest BCUT2D eigenvalue weighted by Gasteiger charge is -2.27. The van der Waals surface area contributed by atoms with Crippen LogP contribution in [0.5, 0.6) is 5.75 Å². The van der Waals surface area contributed by atoms with E-state index in [0.717, 1.165) is 24.8 Å². The molecule has 0 saturated heterocycles. The highest BCUT2D eigenvalue weighted by molar-refractivity contribution is 7.81. The Morgan fingerprint density at radius 2 is 1.97 bits per heavy atom. The lowest BCUT2D eigenvalue weighted by Crippen LogP contribution is -2.39. The van der Waals surface area contributed by atoms with Crippen molar-refractivity contribution in [1.29, 1.82) is 0 Å². The summed E-state index contributed by atoms with van der Waals surface area (Å²) in [5.74, 6) is 0.518. The number of hydrogen-bond acceptors (Lipinski definition) is 3. The van der Waals surface area contributed by atoms with E-state index in [9.17, 15) is 4.79 Å². The maximum atomic E-state index is 13.1. The second-order valence-electron chi connectivity index (χ2n) is 7.14. The van der Waals surface area contributed by atoms with E-state index in [1.165, 1.54) is 5.57 Å². The topological polar surface area (TPSA) is 29.5 Å². The molecule has 0 saturated carbocycles. The summed E-state index contributed by atoms with van der Waals surface area (Å²) >= 11 is 11.2. The lowest BCUT2D eigenvalue weighted by atomic mass is 10.1. The minimum absolute atomic E-state index is 0.0618. The van der Waals surface area contributed by atoms with Crippen molar-refractivity contribution in [2.24, 2.45) is 0 Å². The van der Waals surface area contributed by atoms with Crippen molar-refractivity contribution in [3.63, 3.8) is 0 Å². The number of para-hydroxylation sites is 1. The molecule has 0 heterocycles. The average Bonchev–Trinajstić information content (AvgIpc) is 3.01. The fraction of sp³-hybridized carbons (Fsp3) is 0.292. The number of amides is 1. The number of ether oxygens (including phenoxy) is 1. The van der Waals surface area contributed by atoms with Gasteiger partial charge in [-0.05, 0) is 50.5 Å². The molecule has 3 nitrogen and oxygen atoms in total. The third kappa shape index (κ3) is 6.15. The van der Waals surface area contributed by atoms with Crippen molar-refractivity contribution in [2.45, 2.75) is 31.4 Å². The van der Waals surface area contributed by atoms with Crippen LogP contribution < -0.4 is 9.64 Å². The number of aryl methyl sites for hydroxylation is 1. The van der Waals surface area contributed by atoms with Gasteiger partial charge in [-0.1, -0.05) is 65.2 Å². The molecule has 0 aliphatic heterocycles. The molecule has 152 valence electrons. The fourth-order valence-electron chi connectivity index (χ4n) is 3.23. The Balaban J connectivity index is 1.76. The van der Waals surface area contributed by atoms with E-state index >= 15 is 0 Å². The number of carbonyl (C=O) groups excluding carboxylic acids is 1. The molecule has 1 unspecified atom stereocenters. The molecule has 0 aromatic heterocycles. The van der Waals surface area contributed by atoms with Crippen molar-refractivity contribution in [3.05, 3.63) is 82.9 Å². The smallest absolute Gasteiger partial charge is 0.265 e. The standard InChI is InChI=1S/C24H26ClNO2S/c1-18-12-14-20(15-13-18)28-17-24(27)26(22-11-7-6-10-21(22)25)16-23(29)19-8-4-2-3-5-9-19/h2,4,6-8,10-15,23,29H,3,5,9,16-17H2,1H3. The number of halogens is 1. The molecule has 1 aliphatic carbocycles. The molecule has 1 aliphatic rings. The van der Waals surface area contributed by atoms with Crippen molar-refractivity contribution < 1.29 is 9.53 Å². The predicted molar refractivity (Wildman–Crippen MR) is 124 cm³/mol. The lowest BCUT2D eigenvalue weighted by molar-refractivity contribution is -0.120. The Hall–Kier alpha value is -2.17. The highest BCUT2D eigenvalue weighted by atomic mass is 35.5. The molecule has 2 aromatic rings. The first-order valence-corrected chi connectivity index (χ1v) is 10.7. The van der Waals surface area contributed by atoms with Crippen LogP contribution in [0.4, 0.5) is 5.69 Å². The van der Waals surface area contributed by atoms with Crippen LogP contribution in [0, 0.1) is 6.92 Å². The van der Waals surface area contributed by atoms with Crippen LogP contribution in [-0.2, 0) is 4.79 Å². The van der Waals surface area contributed by atoms with E-state index in [-0.39, 0.29) is 17.8 Å². The molecule has 0 N–H and O–H groups in total. The van der Waals surface area contributed by atoms with E-state index in [4.69, 9.17) is 29.0 Å². The normalized spacial score (nSPS) is 14.7. The summed E-state index contributed by atoms with van der Waals surface area (Å²) < 4.78 is 5.73. The molecule has 5 heteroatoms. The van der Waals surface area contributed by atoms with Crippen LogP contribution in [0.25, 0.3) is 0 Å². The minimum atomic E-state index is -0.150. The van der Waals surface area contributed by atoms with Crippen LogP contribution in [0.1, 0.15) is 24.8 Å². The third-order valence-electron chi connectivity index (χ3n) is 4.89. The van der Waals surface area contributed by atoms with Crippen LogP contribution in [0.3, 0.4) is 0 Å². The molecule has 1 amide bonds. The Bertz CT molecular complexity index is 892. The Kier molecular flexibility index (Phi) is 7.84. The van der Waals surface area contributed by atoms with Crippen molar-refractivity contribution in [1.82, 2.24) is 0 Å². The SMILES string of the molecule is Cc1ccc(OCC(=O)N(CC(S)C2=CC=CCCC2)c2ccccc2Cl)cc1. The van der Waals surface area contributed by atoms with Crippen molar-refractivity contribution in [3.8, 4) is 5.75 Å². The molecule has 3 rings (SSSR count). The number of rotatable bonds is 7. The maximum absolute atomic E-state index is 13.1. The first-order valence-electron chi connectivity index (χ1n) is 9.82. The molecule has 0 bridgehead atoms. The van der Waals surface area contributed by atoms with Gasteiger partial charge in [0, 0.05) is 11.8 Å².